The highest BCUT2D eigenvalue weighted by atomic mass is 28.4. The Labute approximate surface area is 205 Å². The van der Waals surface area contributed by atoms with Gasteiger partial charge in [-0.05, 0) is 60.7 Å². The van der Waals surface area contributed by atoms with Crippen molar-refractivity contribution in [1.82, 2.24) is 4.90 Å². The normalized spacial score (nSPS) is 18.7. The Hall–Kier alpha value is -2.29. The number of amides is 1. The van der Waals surface area contributed by atoms with E-state index < -0.39 is 14.4 Å². The number of allylic oxidation sites excluding steroid dienone is 1. The van der Waals surface area contributed by atoms with Crippen molar-refractivity contribution in [3.63, 3.8) is 0 Å². The van der Waals surface area contributed by atoms with Gasteiger partial charge in [-0.3, -0.25) is 0 Å². The van der Waals surface area contributed by atoms with Crippen molar-refractivity contribution < 1.29 is 28.5 Å². The summed E-state index contributed by atoms with van der Waals surface area (Å²) in [5.74, 6) is 1.16. The standard InChI is InChI=1S/C26H41NO6Si/c1-9-19-13-14-21(31-18-30-6)23(17-19)32-24-20(15-16-27(5)25(28)29)11-10-12-22(24)33-34(7,8)26(2,3)4/h9,11,13-14,17,22,24H,1,10,12,15-16,18H2,2-8H3,(H,28,29)/t22-,24-/m0/s1. The molecule has 1 aliphatic rings. The number of hydrogen-bond donors (Lipinski definition) is 1. The summed E-state index contributed by atoms with van der Waals surface area (Å²) >= 11 is 0. The highest BCUT2D eigenvalue weighted by molar-refractivity contribution is 6.74. The SMILES string of the molecule is C=Cc1ccc(OCOC)c(O[C@H]2C(CCN(C)C(=O)O)=CCC[C@@H]2O[Si](C)(C)C(C)(C)C)c1. The molecule has 0 aliphatic heterocycles. The molecule has 8 heteroatoms. The second kappa shape index (κ2) is 11.9. The van der Waals surface area contributed by atoms with E-state index in [9.17, 15) is 9.90 Å². The number of nitrogens with zero attached hydrogens (tertiary/aromatic N) is 1. The number of benzene rings is 1. The van der Waals surface area contributed by atoms with Crippen LogP contribution in [0.1, 0.15) is 45.6 Å². The predicted molar refractivity (Wildman–Crippen MR) is 138 cm³/mol. The first kappa shape index (κ1) is 27.9. The lowest BCUT2D eigenvalue weighted by atomic mass is 9.91. The van der Waals surface area contributed by atoms with Gasteiger partial charge in [-0.15, -0.1) is 0 Å². The van der Waals surface area contributed by atoms with Crippen LogP contribution in [0.3, 0.4) is 0 Å². The van der Waals surface area contributed by atoms with E-state index in [1.165, 1.54) is 4.90 Å². The number of carboxylic acid groups (broad SMARTS) is 1. The quantitative estimate of drug-likeness (QED) is 0.227. The van der Waals surface area contributed by atoms with Crippen molar-refractivity contribution >= 4 is 20.5 Å². The van der Waals surface area contributed by atoms with Gasteiger partial charge in [0.25, 0.3) is 0 Å². The molecule has 1 aromatic carbocycles. The summed E-state index contributed by atoms with van der Waals surface area (Å²) in [6.07, 6.45) is 4.76. The van der Waals surface area contributed by atoms with E-state index >= 15 is 0 Å². The summed E-state index contributed by atoms with van der Waals surface area (Å²) in [6.45, 7) is 15.5. The topological polar surface area (TPSA) is 77.5 Å². The van der Waals surface area contributed by atoms with Gasteiger partial charge in [-0.25, -0.2) is 4.79 Å². The van der Waals surface area contributed by atoms with Gasteiger partial charge in [0.1, 0.15) is 6.10 Å². The molecule has 2 rings (SSSR count). The van der Waals surface area contributed by atoms with Gasteiger partial charge >= 0.3 is 6.09 Å². The largest absolute Gasteiger partial charge is 0.479 e. The molecule has 2 atom stereocenters. The van der Waals surface area contributed by atoms with Crippen molar-refractivity contribution in [1.29, 1.82) is 0 Å². The summed E-state index contributed by atoms with van der Waals surface area (Å²) < 4.78 is 24.3. The van der Waals surface area contributed by atoms with Gasteiger partial charge in [0.15, 0.2) is 26.6 Å². The monoisotopic (exact) mass is 491 g/mol. The summed E-state index contributed by atoms with van der Waals surface area (Å²) in [7, 11) is 1.08. The molecule has 0 radical (unpaired) electrons. The van der Waals surface area contributed by atoms with Crippen molar-refractivity contribution in [3.8, 4) is 11.5 Å². The van der Waals surface area contributed by atoms with Crippen LogP contribution in [0, 0.1) is 0 Å². The summed E-state index contributed by atoms with van der Waals surface area (Å²) in [5.41, 5.74) is 1.96. The Morgan fingerprint density at radius 3 is 2.59 bits per heavy atom. The number of methoxy groups -OCH3 is 1. The molecule has 7 nitrogen and oxygen atoms in total. The van der Waals surface area contributed by atoms with E-state index in [2.05, 4.69) is 46.5 Å². The van der Waals surface area contributed by atoms with E-state index in [1.54, 1.807) is 20.2 Å². The van der Waals surface area contributed by atoms with Crippen LogP contribution in [0.5, 0.6) is 11.5 Å². The molecule has 1 amide bonds. The van der Waals surface area contributed by atoms with E-state index in [1.807, 2.05) is 18.2 Å². The molecular formula is C26H41NO6Si. The molecule has 0 aromatic heterocycles. The van der Waals surface area contributed by atoms with Crippen molar-refractivity contribution in [3.05, 3.63) is 42.0 Å². The number of hydrogen-bond acceptors (Lipinski definition) is 5. The average Bonchev–Trinajstić information content (AvgIpc) is 2.76. The van der Waals surface area contributed by atoms with Crippen LogP contribution < -0.4 is 9.47 Å². The lowest BCUT2D eigenvalue weighted by Gasteiger charge is -2.43. The van der Waals surface area contributed by atoms with E-state index in [-0.39, 0.29) is 24.0 Å². The van der Waals surface area contributed by atoms with Crippen LogP contribution in [-0.4, -0.2) is 64.1 Å². The maximum Gasteiger partial charge on any atom is 0.407 e. The maximum atomic E-state index is 11.3. The van der Waals surface area contributed by atoms with Crippen LogP contribution in [0.15, 0.2) is 36.4 Å². The maximum absolute atomic E-state index is 11.3. The van der Waals surface area contributed by atoms with Crippen LogP contribution in [-0.2, 0) is 9.16 Å². The van der Waals surface area contributed by atoms with E-state index in [4.69, 9.17) is 18.6 Å². The minimum Gasteiger partial charge on any atom is -0.479 e. The molecule has 0 unspecified atom stereocenters. The lowest BCUT2D eigenvalue weighted by Crippen LogP contribution is -2.49. The third-order valence-corrected chi connectivity index (χ3v) is 11.2. The van der Waals surface area contributed by atoms with E-state index in [0.717, 1.165) is 24.0 Å². The highest BCUT2D eigenvalue weighted by Gasteiger charge is 2.42. The first-order valence-electron chi connectivity index (χ1n) is 11.7. The van der Waals surface area contributed by atoms with Crippen molar-refractivity contribution in [2.24, 2.45) is 0 Å². The second-order valence-electron chi connectivity index (χ2n) is 10.2. The van der Waals surface area contributed by atoms with Gasteiger partial charge in [-0.1, -0.05) is 45.6 Å². The fourth-order valence-corrected chi connectivity index (χ4v) is 4.88. The molecule has 0 fully saturated rings. The fraction of sp³-hybridized carbons (Fsp3) is 0.577. The molecule has 0 bridgehead atoms. The molecular weight excluding hydrogens is 450 g/mol. The fourth-order valence-electron chi connectivity index (χ4n) is 3.53. The molecule has 190 valence electrons. The zero-order valence-corrected chi connectivity index (χ0v) is 22.7. The highest BCUT2D eigenvalue weighted by Crippen LogP contribution is 2.41. The molecule has 0 saturated heterocycles. The molecule has 34 heavy (non-hydrogen) atoms. The van der Waals surface area contributed by atoms with Gasteiger partial charge in [-0.2, -0.15) is 0 Å². The molecule has 1 N–H and O–H groups in total. The van der Waals surface area contributed by atoms with Crippen LogP contribution >= 0.6 is 0 Å². The summed E-state index contributed by atoms with van der Waals surface area (Å²) in [6, 6.07) is 5.66. The van der Waals surface area contributed by atoms with E-state index in [0.29, 0.717) is 24.5 Å². The Morgan fingerprint density at radius 2 is 2.00 bits per heavy atom. The zero-order chi connectivity index (χ0) is 25.5. The molecule has 1 aromatic rings. The van der Waals surface area contributed by atoms with Gasteiger partial charge in [0.2, 0.25) is 0 Å². The van der Waals surface area contributed by atoms with Crippen LogP contribution in [0.4, 0.5) is 4.79 Å². The van der Waals surface area contributed by atoms with Crippen molar-refractivity contribution in [2.45, 2.75) is 70.4 Å². The van der Waals surface area contributed by atoms with Crippen molar-refractivity contribution in [2.75, 3.05) is 27.5 Å². The Morgan fingerprint density at radius 1 is 1.29 bits per heavy atom. The third-order valence-electron chi connectivity index (χ3n) is 6.67. The summed E-state index contributed by atoms with van der Waals surface area (Å²) in [4.78, 5) is 12.6. The minimum absolute atomic E-state index is 0.0535. The Bertz CT molecular complexity index is 877. The average molecular weight is 492 g/mol. The third kappa shape index (κ3) is 7.35. The first-order chi connectivity index (χ1) is 15.9. The molecule has 0 spiro atoms. The molecule has 0 heterocycles. The molecule has 1 aliphatic carbocycles. The molecule has 0 saturated carbocycles. The number of rotatable bonds is 11. The second-order valence-corrected chi connectivity index (χ2v) is 15.0. The first-order valence-corrected chi connectivity index (χ1v) is 14.7. The Kier molecular flexibility index (Phi) is 9.79. The van der Waals surface area contributed by atoms with Crippen LogP contribution in [0.2, 0.25) is 18.1 Å². The smallest absolute Gasteiger partial charge is 0.407 e. The summed E-state index contributed by atoms with van der Waals surface area (Å²) in [5, 5.41) is 9.36. The minimum atomic E-state index is -2.08. The number of ether oxygens (including phenoxy) is 3. The van der Waals surface area contributed by atoms with Crippen LogP contribution in [0.25, 0.3) is 6.08 Å². The lowest BCUT2D eigenvalue weighted by molar-refractivity contribution is 0.0346. The predicted octanol–water partition coefficient (Wildman–Crippen LogP) is 6.17. The Balaban J connectivity index is 2.41. The van der Waals surface area contributed by atoms with Gasteiger partial charge < -0.3 is 28.6 Å². The van der Waals surface area contributed by atoms with Gasteiger partial charge in [0.05, 0.1) is 6.10 Å². The zero-order valence-electron chi connectivity index (χ0n) is 21.7. The van der Waals surface area contributed by atoms with Gasteiger partial charge in [0, 0.05) is 20.7 Å². The number of carbonyl (C=O) groups is 1.